The van der Waals surface area contributed by atoms with E-state index in [1.165, 1.54) is 10.4 Å². The average Bonchev–Trinajstić information content (AvgIpc) is 3.09. The summed E-state index contributed by atoms with van der Waals surface area (Å²) in [5.74, 6) is -0.370. The van der Waals surface area contributed by atoms with E-state index in [1.807, 2.05) is 0 Å². The molecule has 25 heavy (non-hydrogen) atoms. The maximum Gasteiger partial charge on any atom is 0.262 e. The van der Waals surface area contributed by atoms with Gasteiger partial charge in [-0.1, -0.05) is 0 Å². The molecule has 1 aromatic heterocycles. The summed E-state index contributed by atoms with van der Waals surface area (Å²) < 4.78 is 36.8. The first kappa shape index (κ1) is 22.3. The van der Waals surface area contributed by atoms with E-state index >= 15 is 0 Å². The Labute approximate surface area is 158 Å². The molecule has 1 aromatic rings. The lowest BCUT2D eigenvalue weighted by molar-refractivity contribution is 0.0730. The molecule has 0 unspecified atom stereocenters. The Hall–Kier alpha value is -0.750. The Bertz CT molecular complexity index is 632. The number of rotatable bonds is 9. The Morgan fingerprint density at radius 3 is 2.72 bits per heavy atom. The summed E-state index contributed by atoms with van der Waals surface area (Å²) in [6, 6.07) is 1.49. The zero-order valence-electron chi connectivity index (χ0n) is 14.0. The second-order valence-electron chi connectivity index (χ2n) is 5.13. The molecular formula is C14H24ClN3O5S2. The number of thiophene rings is 1. The van der Waals surface area contributed by atoms with Crippen LogP contribution in [0.5, 0.6) is 0 Å². The number of hydrogen-bond acceptors (Lipinski definition) is 7. The van der Waals surface area contributed by atoms with Crippen molar-refractivity contribution in [1.82, 2.24) is 14.9 Å². The molecule has 0 radical (unpaired) electrons. The fourth-order valence-electron chi connectivity index (χ4n) is 2.24. The minimum absolute atomic E-state index is 0. The van der Waals surface area contributed by atoms with Gasteiger partial charge in [0.1, 0.15) is 9.77 Å². The highest BCUT2D eigenvalue weighted by molar-refractivity contribution is 7.89. The van der Waals surface area contributed by atoms with Crippen LogP contribution in [0.4, 0.5) is 0 Å². The number of amides is 1. The van der Waals surface area contributed by atoms with Crippen LogP contribution in [-0.4, -0.2) is 78.3 Å². The van der Waals surface area contributed by atoms with Gasteiger partial charge in [-0.3, -0.25) is 4.79 Å². The van der Waals surface area contributed by atoms with Gasteiger partial charge in [-0.25, -0.2) is 8.42 Å². The molecule has 0 spiro atoms. The Kier molecular flexibility index (Phi) is 9.87. The van der Waals surface area contributed by atoms with Crippen molar-refractivity contribution in [3.63, 3.8) is 0 Å². The average molecular weight is 414 g/mol. The van der Waals surface area contributed by atoms with E-state index in [4.69, 9.17) is 9.47 Å². The quantitative estimate of drug-likeness (QED) is 0.559. The summed E-state index contributed by atoms with van der Waals surface area (Å²) >= 11 is 1.13. The van der Waals surface area contributed by atoms with Gasteiger partial charge in [0.2, 0.25) is 10.0 Å². The maximum absolute atomic E-state index is 12.7. The number of sulfonamides is 1. The molecule has 0 aromatic carbocycles. The smallest absolute Gasteiger partial charge is 0.262 e. The lowest BCUT2D eigenvalue weighted by Crippen LogP contribution is -2.41. The van der Waals surface area contributed by atoms with Crippen LogP contribution in [-0.2, 0) is 19.5 Å². The van der Waals surface area contributed by atoms with Crippen molar-refractivity contribution in [2.24, 2.45) is 0 Å². The number of carbonyl (C=O) groups is 1. The molecule has 2 heterocycles. The summed E-state index contributed by atoms with van der Waals surface area (Å²) in [7, 11) is -2.04. The van der Waals surface area contributed by atoms with E-state index in [9.17, 15) is 13.2 Å². The van der Waals surface area contributed by atoms with Gasteiger partial charge in [0.05, 0.1) is 19.8 Å². The minimum Gasteiger partial charge on any atom is -0.383 e. The molecule has 8 nitrogen and oxygen atoms in total. The van der Waals surface area contributed by atoms with E-state index < -0.39 is 10.0 Å². The molecule has 2 N–H and O–H groups in total. The van der Waals surface area contributed by atoms with Crippen molar-refractivity contribution >= 4 is 39.7 Å². The highest BCUT2D eigenvalue weighted by atomic mass is 35.5. The van der Waals surface area contributed by atoms with Crippen molar-refractivity contribution in [3.8, 4) is 0 Å². The van der Waals surface area contributed by atoms with Crippen molar-refractivity contribution in [2.75, 3.05) is 59.7 Å². The van der Waals surface area contributed by atoms with Crippen molar-refractivity contribution in [3.05, 3.63) is 16.3 Å². The fraction of sp³-hybridized carbons (Fsp3) is 0.643. The molecule has 1 aliphatic rings. The first-order valence-corrected chi connectivity index (χ1v) is 10.0. The van der Waals surface area contributed by atoms with Gasteiger partial charge in [-0.05, 0) is 11.4 Å². The van der Waals surface area contributed by atoms with Crippen LogP contribution < -0.4 is 10.6 Å². The highest BCUT2D eigenvalue weighted by Gasteiger charge is 2.31. The Balaban J connectivity index is 0.00000312. The van der Waals surface area contributed by atoms with Crippen molar-refractivity contribution in [1.29, 1.82) is 0 Å². The van der Waals surface area contributed by atoms with Gasteiger partial charge >= 0.3 is 0 Å². The topological polar surface area (TPSA) is 97.0 Å². The first-order chi connectivity index (χ1) is 11.6. The number of methoxy groups -OCH3 is 1. The third-order valence-electron chi connectivity index (χ3n) is 3.49. The number of ether oxygens (including phenoxy) is 2. The fourth-order valence-corrected chi connectivity index (χ4v) is 4.96. The number of morpholine rings is 1. The summed E-state index contributed by atoms with van der Waals surface area (Å²) in [6.07, 6.45) is 0. The third-order valence-corrected chi connectivity index (χ3v) is 6.48. The number of nitrogens with one attached hydrogen (secondary N) is 2. The lowest BCUT2D eigenvalue weighted by atomic mass is 10.4. The van der Waals surface area contributed by atoms with Gasteiger partial charge in [0.25, 0.3) is 5.91 Å². The SMILES string of the molecule is COCCNCCNC(=O)c1sccc1S(=O)(=O)N1CCOCC1.Cl. The molecule has 1 saturated heterocycles. The highest BCUT2D eigenvalue weighted by Crippen LogP contribution is 2.25. The van der Waals surface area contributed by atoms with Gasteiger partial charge in [-0.2, -0.15) is 4.31 Å². The van der Waals surface area contributed by atoms with Crippen LogP contribution in [0.2, 0.25) is 0 Å². The molecule has 2 rings (SSSR count). The standard InChI is InChI=1S/C14H23N3O5S2.ClH/c1-21-8-5-15-3-4-16-14(18)13-12(2-11-23-13)24(19,20)17-6-9-22-10-7-17;/h2,11,15H,3-10H2,1H3,(H,16,18);1H. The molecule has 1 aliphatic heterocycles. The van der Waals surface area contributed by atoms with Crippen LogP contribution in [0.3, 0.4) is 0 Å². The molecule has 0 aliphatic carbocycles. The lowest BCUT2D eigenvalue weighted by Gasteiger charge is -2.26. The molecule has 1 fully saturated rings. The molecule has 0 bridgehead atoms. The van der Waals surface area contributed by atoms with Crippen LogP contribution in [0.15, 0.2) is 16.3 Å². The second-order valence-corrected chi connectivity index (χ2v) is 7.95. The van der Waals surface area contributed by atoms with Crippen LogP contribution in [0.25, 0.3) is 0 Å². The Morgan fingerprint density at radius 1 is 1.32 bits per heavy atom. The molecule has 1 amide bonds. The largest absolute Gasteiger partial charge is 0.383 e. The molecule has 144 valence electrons. The second kappa shape index (κ2) is 11.1. The van der Waals surface area contributed by atoms with Crippen LogP contribution in [0, 0.1) is 0 Å². The van der Waals surface area contributed by atoms with Crippen molar-refractivity contribution < 1.29 is 22.7 Å². The molecule has 11 heteroatoms. The first-order valence-electron chi connectivity index (χ1n) is 7.70. The molecule has 0 saturated carbocycles. The zero-order valence-corrected chi connectivity index (χ0v) is 16.5. The summed E-state index contributed by atoms with van der Waals surface area (Å²) in [4.78, 5) is 12.6. The van der Waals surface area contributed by atoms with Gasteiger partial charge in [0.15, 0.2) is 0 Å². The van der Waals surface area contributed by atoms with Crippen LogP contribution in [0.1, 0.15) is 9.67 Å². The van der Waals surface area contributed by atoms with E-state index in [-0.39, 0.29) is 28.1 Å². The number of carbonyl (C=O) groups excluding carboxylic acids is 1. The molecule has 0 atom stereocenters. The van der Waals surface area contributed by atoms with E-state index in [0.717, 1.165) is 11.3 Å². The molecular weight excluding hydrogens is 390 g/mol. The minimum atomic E-state index is -3.67. The zero-order chi connectivity index (χ0) is 17.4. The predicted molar refractivity (Wildman–Crippen MR) is 98.2 cm³/mol. The number of nitrogens with zero attached hydrogens (tertiary/aromatic N) is 1. The third kappa shape index (κ3) is 6.17. The van der Waals surface area contributed by atoms with Crippen LogP contribution >= 0.6 is 23.7 Å². The monoisotopic (exact) mass is 413 g/mol. The van der Waals surface area contributed by atoms with Crippen molar-refractivity contribution in [2.45, 2.75) is 4.90 Å². The summed E-state index contributed by atoms with van der Waals surface area (Å²) in [5.41, 5.74) is 0. The summed E-state index contributed by atoms with van der Waals surface area (Å²) in [5, 5.41) is 7.47. The summed E-state index contributed by atoms with van der Waals surface area (Å²) in [6.45, 7) is 3.66. The normalized spacial score (nSPS) is 15.6. The number of hydrogen-bond donors (Lipinski definition) is 2. The van der Waals surface area contributed by atoms with Gasteiger partial charge < -0.3 is 20.1 Å². The maximum atomic E-state index is 12.7. The van der Waals surface area contributed by atoms with E-state index in [2.05, 4.69) is 10.6 Å². The van der Waals surface area contributed by atoms with Gasteiger partial charge in [0, 0.05) is 39.8 Å². The number of halogens is 1. The Morgan fingerprint density at radius 2 is 2.04 bits per heavy atom. The van der Waals surface area contributed by atoms with Gasteiger partial charge in [-0.15, -0.1) is 23.7 Å². The van der Waals surface area contributed by atoms with E-state index in [0.29, 0.717) is 52.5 Å². The van der Waals surface area contributed by atoms with E-state index in [1.54, 1.807) is 12.5 Å². The predicted octanol–water partition coefficient (Wildman–Crippen LogP) is 0.157.